The summed E-state index contributed by atoms with van der Waals surface area (Å²) in [7, 11) is 0. The first-order valence-corrected chi connectivity index (χ1v) is 7.43. The Morgan fingerprint density at radius 3 is 2.38 bits per heavy atom. The minimum Gasteiger partial charge on any atom is -0.515 e. The van der Waals surface area contributed by atoms with Gasteiger partial charge in [0.15, 0.2) is 5.78 Å². The third-order valence-electron chi connectivity index (χ3n) is 3.26. The molecule has 2 aromatic carbocycles. The molecule has 24 heavy (non-hydrogen) atoms. The molecule has 0 aliphatic rings. The molecule has 5 heteroatoms. The van der Waals surface area contributed by atoms with Crippen molar-refractivity contribution in [2.75, 3.05) is 13.2 Å². The maximum atomic E-state index is 12.5. The Morgan fingerprint density at radius 1 is 1.00 bits per heavy atom. The molecule has 0 aromatic heterocycles. The van der Waals surface area contributed by atoms with Gasteiger partial charge in [0.25, 0.3) is 0 Å². The van der Waals surface area contributed by atoms with Crippen molar-refractivity contribution < 1.29 is 24.2 Å². The molecular weight excluding hydrogens is 308 g/mol. The summed E-state index contributed by atoms with van der Waals surface area (Å²) < 4.78 is 10.5. The van der Waals surface area contributed by atoms with Gasteiger partial charge in [-0.1, -0.05) is 42.5 Å². The number of hydrogen-bond acceptors (Lipinski definition) is 5. The summed E-state index contributed by atoms with van der Waals surface area (Å²) in [5.41, 5.74) is 1.12. The van der Waals surface area contributed by atoms with Gasteiger partial charge in [0.05, 0.1) is 17.4 Å². The molecule has 2 aromatic rings. The number of aliphatic hydroxyl groups excluding tert-OH is 1. The number of benzene rings is 2. The molecule has 0 saturated heterocycles. The van der Waals surface area contributed by atoms with Gasteiger partial charge < -0.3 is 14.6 Å². The van der Waals surface area contributed by atoms with Gasteiger partial charge in [-0.15, -0.1) is 0 Å². The van der Waals surface area contributed by atoms with Gasteiger partial charge in [0.1, 0.15) is 19.0 Å². The molecule has 0 aliphatic carbocycles. The van der Waals surface area contributed by atoms with Crippen LogP contribution in [0.3, 0.4) is 0 Å². The Hall–Kier alpha value is -3.08. The van der Waals surface area contributed by atoms with E-state index in [1.807, 2.05) is 6.07 Å². The van der Waals surface area contributed by atoms with Crippen LogP contribution in [0.2, 0.25) is 0 Å². The fourth-order valence-electron chi connectivity index (χ4n) is 1.98. The molecule has 5 nitrogen and oxygen atoms in total. The zero-order valence-corrected chi connectivity index (χ0v) is 13.3. The van der Waals surface area contributed by atoms with E-state index >= 15 is 0 Å². The Morgan fingerprint density at radius 2 is 1.67 bits per heavy atom. The fraction of sp³-hybridized carbons (Fsp3) is 0.158. The van der Waals surface area contributed by atoms with Gasteiger partial charge in [-0.25, -0.2) is 4.79 Å². The van der Waals surface area contributed by atoms with E-state index < -0.39 is 5.97 Å². The van der Waals surface area contributed by atoms with E-state index in [1.165, 1.54) is 6.92 Å². The van der Waals surface area contributed by atoms with Gasteiger partial charge in [-0.3, -0.25) is 4.79 Å². The second kappa shape index (κ2) is 8.53. The van der Waals surface area contributed by atoms with E-state index in [2.05, 4.69) is 0 Å². The minimum atomic E-state index is -0.616. The van der Waals surface area contributed by atoms with E-state index in [-0.39, 0.29) is 24.6 Å². The van der Waals surface area contributed by atoms with Crippen molar-refractivity contribution >= 4 is 11.8 Å². The second-order valence-electron chi connectivity index (χ2n) is 4.99. The van der Waals surface area contributed by atoms with Gasteiger partial charge >= 0.3 is 5.97 Å². The topological polar surface area (TPSA) is 72.8 Å². The third-order valence-corrected chi connectivity index (χ3v) is 3.26. The van der Waals surface area contributed by atoms with Gasteiger partial charge in [0, 0.05) is 5.56 Å². The lowest BCUT2D eigenvalue weighted by Gasteiger charge is -2.11. The van der Waals surface area contributed by atoms with Crippen molar-refractivity contribution in [3.05, 3.63) is 77.6 Å². The van der Waals surface area contributed by atoms with Crippen LogP contribution < -0.4 is 4.74 Å². The minimum absolute atomic E-state index is 0.0118. The highest BCUT2D eigenvalue weighted by Gasteiger charge is 2.14. The van der Waals surface area contributed by atoms with E-state index in [1.54, 1.807) is 48.5 Å². The SMILES string of the molecule is C/C(=C\O)C(=O)OCCOc1ccccc1C(=O)c1ccccc1. The van der Waals surface area contributed by atoms with Crippen LogP contribution >= 0.6 is 0 Å². The molecule has 0 atom stereocenters. The molecule has 0 fully saturated rings. The highest BCUT2D eigenvalue weighted by molar-refractivity contribution is 6.10. The standard InChI is InChI=1S/C19H18O5/c1-14(13-20)19(22)24-12-11-23-17-10-6-5-9-16(17)18(21)15-7-3-2-4-8-15/h2-10,13,20H,11-12H2,1H3/b14-13+. The van der Waals surface area contributed by atoms with E-state index in [0.717, 1.165) is 0 Å². The predicted octanol–water partition coefficient (Wildman–Crippen LogP) is 3.30. The Balaban J connectivity index is 2.00. The number of para-hydroxylation sites is 1. The van der Waals surface area contributed by atoms with E-state index in [0.29, 0.717) is 23.1 Å². The maximum absolute atomic E-state index is 12.5. The molecule has 124 valence electrons. The Labute approximate surface area is 140 Å². The average molecular weight is 326 g/mol. The average Bonchev–Trinajstić information content (AvgIpc) is 2.64. The molecule has 0 bridgehead atoms. The second-order valence-corrected chi connectivity index (χ2v) is 4.99. The van der Waals surface area contributed by atoms with Crippen LogP contribution in [0.25, 0.3) is 0 Å². The summed E-state index contributed by atoms with van der Waals surface area (Å²) in [5.74, 6) is -0.325. The lowest BCUT2D eigenvalue weighted by atomic mass is 10.0. The van der Waals surface area contributed by atoms with Crippen molar-refractivity contribution in [2.24, 2.45) is 0 Å². The van der Waals surface area contributed by atoms with Crippen LogP contribution in [0.15, 0.2) is 66.4 Å². The van der Waals surface area contributed by atoms with Crippen LogP contribution in [0.1, 0.15) is 22.8 Å². The highest BCUT2D eigenvalue weighted by Crippen LogP contribution is 2.21. The first kappa shape index (κ1) is 17.3. The van der Waals surface area contributed by atoms with Crippen molar-refractivity contribution in [1.82, 2.24) is 0 Å². The van der Waals surface area contributed by atoms with Crippen LogP contribution in [-0.2, 0) is 9.53 Å². The molecule has 0 aliphatic heterocycles. The monoisotopic (exact) mass is 326 g/mol. The number of aliphatic hydroxyl groups is 1. The largest absolute Gasteiger partial charge is 0.515 e. The number of carbonyl (C=O) groups excluding carboxylic acids is 2. The number of esters is 1. The van der Waals surface area contributed by atoms with Gasteiger partial charge in [-0.05, 0) is 19.1 Å². The summed E-state index contributed by atoms with van der Waals surface area (Å²) in [6.07, 6.45) is 0.691. The maximum Gasteiger partial charge on any atom is 0.336 e. The molecule has 0 spiro atoms. The van der Waals surface area contributed by atoms with Crippen LogP contribution in [0.5, 0.6) is 5.75 Å². The first-order valence-electron chi connectivity index (χ1n) is 7.43. The van der Waals surface area contributed by atoms with Crippen LogP contribution in [-0.4, -0.2) is 30.1 Å². The molecule has 0 amide bonds. The summed E-state index contributed by atoms with van der Waals surface area (Å²) >= 11 is 0. The lowest BCUT2D eigenvalue weighted by Crippen LogP contribution is -2.14. The number of ketones is 1. The van der Waals surface area contributed by atoms with E-state index in [9.17, 15) is 9.59 Å². The number of carbonyl (C=O) groups is 2. The zero-order chi connectivity index (χ0) is 17.4. The highest BCUT2D eigenvalue weighted by atomic mass is 16.6. The summed E-state index contributed by atoms with van der Waals surface area (Å²) in [6.45, 7) is 1.55. The molecular formula is C19H18O5. The van der Waals surface area contributed by atoms with Crippen molar-refractivity contribution in [1.29, 1.82) is 0 Å². The van der Waals surface area contributed by atoms with E-state index in [4.69, 9.17) is 14.6 Å². The Bertz CT molecular complexity index is 734. The number of hydrogen-bond donors (Lipinski definition) is 1. The predicted molar refractivity (Wildman–Crippen MR) is 89.2 cm³/mol. The molecule has 0 saturated carbocycles. The summed E-state index contributed by atoms with van der Waals surface area (Å²) in [5, 5.41) is 8.71. The first-order chi connectivity index (χ1) is 11.6. The smallest absolute Gasteiger partial charge is 0.336 e. The number of ether oxygens (including phenoxy) is 2. The fourth-order valence-corrected chi connectivity index (χ4v) is 1.98. The summed E-state index contributed by atoms with van der Waals surface area (Å²) in [6, 6.07) is 15.8. The normalized spacial score (nSPS) is 11.0. The molecule has 0 heterocycles. The van der Waals surface area contributed by atoms with Gasteiger partial charge in [0.2, 0.25) is 0 Å². The zero-order valence-electron chi connectivity index (χ0n) is 13.3. The van der Waals surface area contributed by atoms with Crippen molar-refractivity contribution in [3.63, 3.8) is 0 Å². The molecule has 0 radical (unpaired) electrons. The van der Waals surface area contributed by atoms with Crippen LogP contribution in [0.4, 0.5) is 0 Å². The van der Waals surface area contributed by atoms with Crippen molar-refractivity contribution in [2.45, 2.75) is 6.92 Å². The summed E-state index contributed by atoms with van der Waals surface area (Å²) in [4.78, 5) is 23.9. The van der Waals surface area contributed by atoms with Crippen molar-refractivity contribution in [3.8, 4) is 5.75 Å². The molecule has 2 rings (SSSR count). The number of rotatable bonds is 7. The molecule has 1 N–H and O–H groups in total. The quantitative estimate of drug-likeness (QED) is 0.278. The van der Waals surface area contributed by atoms with Gasteiger partial charge in [-0.2, -0.15) is 0 Å². The molecule has 0 unspecified atom stereocenters. The lowest BCUT2D eigenvalue weighted by molar-refractivity contribution is -0.139. The Kier molecular flexibility index (Phi) is 6.14. The third kappa shape index (κ3) is 4.46. The van der Waals surface area contributed by atoms with Crippen LogP contribution in [0, 0.1) is 0 Å².